The van der Waals surface area contributed by atoms with Crippen molar-refractivity contribution in [1.29, 1.82) is 0 Å². The summed E-state index contributed by atoms with van der Waals surface area (Å²) < 4.78 is 8.01. The lowest BCUT2D eigenvalue weighted by Gasteiger charge is -2.16. The van der Waals surface area contributed by atoms with Gasteiger partial charge >= 0.3 is 0 Å². The van der Waals surface area contributed by atoms with Gasteiger partial charge in [0, 0.05) is 12.7 Å². The zero-order valence-electron chi connectivity index (χ0n) is 18.3. The molecule has 0 radical (unpaired) electrons. The van der Waals surface area contributed by atoms with Gasteiger partial charge in [-0.3, -0.25) is 18.9 Å². The Morgan fingerprint density at radius 1 is 1.16 bits per heavy atom. The highest BCUT2D eigenvalue weighted by molar-refractivity contribution is 8.26. The van der Waals surface area contributed by atoms with Gasteiger partial charge < -0.3 is 4.74 Å². The average molecular weight is 466 g/mol. The first kappa shape index (κ1) is 22.2. The number of thiocarbonyl (C=S) groups is 1. The van der Waals surface area contributed by atoms with E-state index in [4.69, 9.17) is 17.0 Å². The zero-order valence-corrected chi connectivity index (χ0v) is 19.9. The van der Waals surface area contributed by atoms with E-state index in [2.05, 4.69) is 4.98 Å². The summed E-state index contributed by atoms with van der Waals surface area (Å²) in [5, 5.41) is 0. The van der Waals surface area contributed by atoms with E-state index in [-0.39, 0.29) is 28.8 Å². The number of carbonyl (C=O) groups excluding carboxylic acids is 1. The van der Waals surface area contributed by atoms with E-state index in [0.717, 1.165) is 11.1 Å². The van der Waals surface area contributed by atoms with E-state index < -0.39 is 0 Å². The quantitative estimate of drug-likeness (QED) is 0.392. The van der Waals surface area contributed by atoms with Crippen LogP contribution >= 0.6 is 24.0 Å². The predicted molar refractivity (Wildman–Crippen MR) is 132 cm³/mol. The number of rotatable bonds is 5. The highest BCUT2D eigenvalue weighted by Crippen LogP contribution is 2.34. The number of pyridine rings is 1. The molecule has 0 aliphatic carbocycles. The average Bonchev–Trinajstić information content (AvgIpc) is 2.97. The van der Waals surface area contributed by atoms with Gasteiger partial charge in [-0.1, -0.05) is 50.0 Å². The van der Waals surface area contributed by atoms with Gasteiger partial charge in [0.1, 0.15) is 21.3 Å². The van der Waals surface area contributed by atoms with E-state index in [1.807, 2.05) is 45.9 Å². The summed E-state index contributed by atoms with van der Waals surface area (Å²) in [6.45, 7) is 8.53. The van der Waals surface area contributed by atoms with Crippen LogP contribution in [-0.2, 0) is 4.79 Å². The molecule has 3 aromatic rings. The standard InChI is InChI=1S/C24H23N3O3S2/c1-14(2)13-27-23(29)19(32-24(27)31)12-18-21(30-17-10-15(3)9-16(4)11-17)25-20-7-5-6-8-26(20)22(18)28/h5-12,14H,13H2,1-4H3/b19-12+. The highest BCUT2D eigenvalue weighted by Gasteiger charge is 2.33. The minimum atomic E-state index is -0.316. The van der Waals surface area contributed by atoms with Crippen molar-refractivity contribution < 1.29 is 9.53 Å². The number of aryl methyl sites for hydroxylation is 2. The van der Waals surface area contributed by atoms with Crippen LogP contribution in [0.5, 0.6) is 11.6 Å². The van der Waals surface area contributed by atoms with Crippen molar-refractivity contribution in [3.05, 3.63) is 74.5 Å². The number of hydrogen-bond donors (Lipinski definition) is 0. The molecule has 0 bridgehead atoms. The Labute approximate surface area is 195 Å². The van der Waals surface area contributed by atoms with Gasteiger partial charge in [-0.05, 0) is 61.2 Å². The van der Waals surface area contributed by atoms with Gasteiger partial charge in [-0.15, -0.1) is 0 Å². The summed E-state index contributed by atoms with van der Waals surface area (Å²) in [6.07, 6.45) is 3.19. The van der Waals surface area contributed by atoms with Gasteiger partial charge in [0.25, 0.3) is 11.5 Å². The summed E-state index contributed by atoms with van der Waals surface area (Å²) in [4.78, 5) is 32.8. The molecule has 0 N–H and O–H groups in total. The van der Waals surface area contributed by atoms with Crippen molar-refractivity contribution in [2.45, 2.75) is 27.7 Å². The summed E-state index contributed by atoms with van der Waals surface area (Å²) in [5.74, 6) is 0.800. The zero-order chi connectivity index (χ0) is 23.0. The van der Waals surface area contributed by atoms with Crippen molar-refractivity contribution in [2.75, 3.05) is 6.54 Å². The van der Waals surface area contributed by atoms with Gasteiger partial charge in [-0.2, -0.15) is 4.98 Å². The molecule has 3 heterocycles. The van der Waals surface area contributed by atoms with Crippen LogP contribution in [0.1, 0.15) is 30.5 Å². The molecule has 164 valence electrons. The number of hydrogen-bond acceptors (Lipinski definition) is 6. The van der Waals surface area contributed by atoms with E-state index in [9.17, 15) is 9.59 Å². The molecule has 4 rings (SSSR count). The van der Waals surface area contributed by atoms with Crippen LogP contribution in [0, 0.1) is 19.8 Å². The fourth-order valence-corrected chi connectivity index (χ4v) is 4.80. The third-order valence-corrected chi connectivity index (χ3v) is 6.22. The Bertz CT molecular complexity index is 1310. The predicted octanol–water partition coefficient (Wildman–Crippen LogP) is 4.96. The van der Waals surface area contributed by atoms with Crippen molar-refractivity contribution >= 4 is 45.9 Å². The molecule has 0 spiro atoms. The number of carbonyl (C=O) groups is 1. The van der Waals surface area contributed by atoms with Crippen molar-refractivity contribution in [3.63, 3.8) is 0 Å². The van der Waals surface area contributed by atoms with E-state index in [0.29, 0.717) is 27.2 Å². The van der Waals surface area contributed by atoms with E-state index in [1.54, 1.807) is 35.4 Å². The van der Waals surface area contributed by atoms with Crippen LogP contribution in [0.2, 0.25) is 0 Å². The Hall–Kier alpha value is -2.97. The third kappa shape index (κ3) is 4.47. The summed E-state index contributed by atoms with van der Waals surface area (Å²) in [5.41, 5.74) is 2.42. The molecule has 0 saturated carbocycles. The summed E-state index contributed by atoms with van der Waals surface area (Å²) in [6, 6.07) is 11.1. The highest BCUT2D eigenvalue weighted by atomic mass is 32.2. The molecule has 32 heavy (non-hydrogen) atoms. The molecule has 6 nitrogen and oxygen atoms in total. The van der Waals surface area contributed by atoms with Gasteiger partial charge in [0.2, 0.25) is 5.88 Å². The van der Waals surface area contributed by atoms with Crippen LogP contribution < -0.4 is 10.3 Å². The molecule has 1 aliphatic rings. The molecular formula is C24H23N3O3S2. The fraction of sp³-hybridized carbons (Fsp3) is 0.250. The maximum atomic E-state index is 13.3. The van der Waals surface area contributed by atoms with Gasteiger partial charge in [-0.25, -0.2) is 0 Å². The Balaban J connectivity index is 1.84. The molecular weight excluding hydrogens is 442 g/mol. The second-order valence-electron chi connectivity index (χ2n) is 8.18. The number of nitrogens with zero attached hydrogens (tertiary/aromatic N) is 3. The normalized spacial score (nSPS) is 15.4. The topological polar surface area (TPSA) is 63.9 Å². The largest absolute Gasteiger partial charge is 0.438 e. The molecule has 1 fully saturated rings. The minimum absolute atomic E-state index is 0.153. The van der Waals surface area contributed by atoms with Crippen LogP contribution in [0.25, 0.3) is 11.7 Å². The smallest absolute Gasteiger partial charge is 0.269 e. The van der Waals surface area contributed by atoms with E-state index in [1.165, 1.54) is 16.2 Å². The summed E-state index contributed by atoms with van der Waals surface area (Å²) in [7, 11) is 0. The van der Waals surface area contributed by atoms with Crippen LogP contribution in [-0.4, -0.2) is 31.1 Å². The molecule has 2 aromatic heterocycles. The number of fused-ring (bicyclic) bond motifs is 1. The second kappa shape index (κ2) is 8.88. The van der Waals surface area contributed by atoms with Crippen LogP contribution in [0.4, 0.5) is 0 Å². The molecule has 1 amide bonds. The van der Waals surface area contributed by atoms with Crippen LogP contribution in [0.3, 0.4) is 0 Å². The first-order valence-corrected chi connectivity index (χ1v) is 11.5. The fourth-order valence-electron chi connectivity index (χ4n) is 3.54. The third-order valence-electron chi connectivity index (χ3n) is 4.84. The molecule has 0 atom stereocenters. The number of benzene rings is 1. The van der Waals surface area contributed by atoms with Crippen molar-refractivity contribution in [1.82, 2.24) is 14.3 Å². The molecule has 8 heteroatoms. The number of ether oxygens (including phenoxy) is 1. The lowest BCUT2D eigenvalue weighted by molar-refractivity contribution is -0.122. The first-order valence-electron chi connectivity index (χ1n) is 10.3. The first-order chi connectivity index (χ1) is 15.2. The van der Waals surface area contributed by atoms with Crippen molar-refractivity contribution in [3.8, 4) is 11.6 Å². The maximum Gasteiger partial charge on any atom is 0.269 e. The Morgan fingerprint density at radius 3 is 2.56 bits per heavy atom. The van der Waals surface area contributed by atoms with E-state index >= 15 is 0 Å². The lowest BCUT2D eigenvalue weighted by Crippen LogP contribution is -2.31. The minimum Gasteiger partial charge on any atom is -0.438 e. The number of thioether (sulfide) groups is 1. The molecule has 1 aliphatic heterocycles. The second-order valence-corrected chi connectivity index (χ2v) is 9.85. The van der Waals surface area contributed by atoms with Crippen molar-refractivity contribution in [2.24, 2.45) is 5.92 Å². The summed E-state index contributed by atoms with van der Waals surface area (Å²) >= 11 is 6.59. The SMILES string of the molecule is Cc1cc(C)cc(Oc2nc3ccccn3c(=O)c2/C=C2/SC(=S)N(CC(C)C)C2=O)c1. The molecule has 0 unspecified atom stereocenters. The van der Waals surface area contributed by atoms with Crippen LogP contribution in [0.15, 0.2) is 52.3 Å². The van der Waals surface area contributed by atoms with Gasteiger partial charge in [0.15, 0.2) is 0 Å². The number of amides is 1. The molecule has 1 aromatic carbocycles. The molecule has 1 saturated heterocycles. The Morgan fingerprint density at radius 2 is 1.88 bits per heavy atom. The maximum absolute atomic E-state index is 13.3. The monoisotopic (exact) mass is 465 g/mol. The lowest BCUT2D eigenvalue weighted by atomic mass is 10.1. The Kier molecular flexibility index (Phi) is 6.17. The van der Waals surface area contributed by atoms with Gasteiger partial charge in [0.05, 0.1) is 4.91 Å². The number of aromatic nitrogens is 2.